The van der Waals surface area contributed by atoms with Gasteiger partial charge in [-0.2, -0.15) is 0 Å². The van der Waals surface area contributed by atoms with E-state index < -0.39 is 0 Å². The Morgan fingerprint density at radius 3 is 2.68 bits per heavy atom. The predicted molar refractivity (Wildman–Crippen MR) is 72.7 cm³/mol. The van der Waals surface area contributed by atoms with Crippen molar-refractivity contribution < 1.29 is 9.94 Å². The first-order chi connectivity index (χ1) is 9.11. The molecule has 0 fully saturated rings. The van der Waals surface area contributed by atoms with E-state index in [0.717, 1.165) is 11.3 Å². The lowest BCUT2D eigenvalue weighted by Gasteiger charge is -2.10. The number of nitrogens with zero attached hydrogens (tertiary/aromatic N) is 2. The third kappa shape index (κ3) is 2.82. The molecule has 2 rings (SSSR count). The summed E-state index contributed by atoms with van der Waals surface area (Å²) < 4.78 is 5.75. The number of pyridine rings is 1. The molecule has 3 N–H and O–H groups in total. The van der Waals surface area contributed by atoms with Crippen molar-refractivity contribution in [1.82, 2.24) is 4.98 Å². The van der Waals surface area contributed by atoms with Crippen LogP contribution >= 0.6 is 0 Å². The summed E-state index contributed by atoms with van der Waals surface area (Å²) in [5.74, 6) is 1.36. The Bertz CT molecular complexity index is 607. The van der Waals surface area contributed by atoms with Gasteiger partial charge in [0.15, 0.2) is 5.84 Å². The summed E-state index contributed by atoms with van der Waals surface area (Å²) in [5.41, 5.74) is 8.09. The van der Waals surface area contributed by atoms with Crippen molar-refractivity contribution in [2.75, 3.05) is 0 Å². The van der Waals surface area contributed by atoms with E-state index in [9.17, 15) is 0 Å². The minimum absolute atomic E-state index is 0.0294. The summed E-state index contributed by atoms with van der Waals surface area (Å²) in [6.45, 7) is 4.03. The van der Waals surface area contributed by atoms with Gasteiger partial charge < -0.3 is 15.7 Å². The maximum absolute atomic E-state index is 8.55. The van der Waals surface area contributed by atoms with Gasteiger partial charge in [-0.1, -0.05) is 17.3 Å². The van der Waals surface area contributed by atoms with Crippen LogP contribution in [0.5, 0.6) is 11.5 Å². The number of oxime groups is 1. The normalized spacial score (nSPS) is 11.4. The lowest BCUT2D eigenvalue weighted by molar-refractivity contribution is 0.318. The first kappa shape index (κ1) is 12.9. The van der Waals surface area contributed by atoms with Crippen molar-refractivity contribution in [3.63, 3.8) is 0 Å². The minimum atomic E-state index is -0.0294. The number of hydrogen-bond donors (Lipinski definition) is 2. The maximum atomic E-state index is 8.55. The molecule has 5 nitrogen and oxygen atoms in total. The van der Waals surface area contributed by atoms with Crippen LogP contribution in [0, 0.1) is 13.8 Å². The molecule has 0 radical (unpaired) electrons. The fraction of sp³-hybridized carbons (Fsp3) is 0.143. The number of hydrogen-bond acceptors (Lipinski definition) is 4. The molecular weight excluding hydrogens is 242 g/mol. The summed E-state index contributed by atoms with van der Waals surface area (Å²) in [6, 6.07) is 9.23. The fourth-order valence-electron chi connectivity index (χ4n) is 1.61. The van der Waals surface area contributed by atoms with Gasteiger partial charge in [-0.3, -0.25) is 0 Å². The van der Waals surface area contributed by atoms with Crippen molar-refractivity contribution in [2.24, 2.45) is 10.9 Å². The molecule has 0 aliphatic carbocycles. The first-order valence-corrected chi connectivity index (χ1v) is 5.80. The maximum Gasteiger partial charge on any atom is 0.188 e. The summed E-state index contributed by atoms with van der Waals surface area (Å²) >= 11 is 0. The smallest absolute Gasteiger partial charge is 0.188 e. The predicted octanol–water partition coefficient (Wildman–Crippen LogP) is 2.59. The van der Waals surface area contributed by atoms with Crippen molar-refractivity contribution in [3.8, 4) is 11.5 Å². The van der Waals surface area contributed by atoms with Crippen molar-refractivity contribution >= 4 is 5.84 Å². The van der Waals surface area contributed by atoms with E-state index >= 15 is 0 Å². The Kier molecular flexibility index (Phi) is 3.66. The quantitative estimate of drug-likeness (QED) is 0.383. The van der Waals surface area contributed by atoms with Crippen LogP contribution in [0.3, 0.4) is 0 Å². The van der Waals surface area contributed by atoms with Crippen LogP contribution in [0.4, 0.5) is 0 Å². The average Bonchev–Trinajstić information content (AvgIpc) is 2.44. The Morgan fingerprint density at radius 2 is 2.05 bits per heavy atom. The molecule has 0 unspecified atom stereocenters. The molecule has 0 spiro atoms. The molecule has 0 saturated carbocycles. The van der Waals surface area contributed by atoms with Crippen LogP contribution in [0.2, 0.25) is 0 Å². The monoisotopic (exact) mass is 257 g/mol. The molecule has 0 aliphatic heterocycles. The third-order valence-corrected chi connectivity index (χ3v) is 2.89. The van der Waals surface area contributed by atoms with E-state index in [1.165, 1.54) is 11.8 Å². The number of aromatic nitrogens is 1. The molecule has 2 aromatic rings. The van der Waals surface area contributed by atoms with Gasteiger partial charge in [0.1, 0.15) is 17.2 Å². The van der Waals surface area contributed by atoms with Crippen LogP contribution in [0.1, 0.15) is 16.8 Å². The minimum Gasteiger partial charge on any atom is -0.455 e. The van der Waals surface area contributed by atoms with Gasteiger partial charge in [0.25, 0.3) is 0 Å². The summed E-state index contributed by atoms with van der Waals surface area (Å²) in [6.07, 6.45) is 1.54. The van der Waals surface area contributed by atoms with Gasteiger partial charge in [0.2, 0.25) is 0 Å². The van der Waals surface area contributed by atoms with Crippen molar-refractivity contribution in [1.29, 1.82) is 0 Å². The van der Waals surface area contributed by atoms with Crippen LogP contribution in [-0.4, -0.2) is 16.0 Å². The van der Waals surface area contributed by atoms with E-state index in [4.69, 9.17) is 15.7 Å². The number of aryl methyl sites for hydroxylation is 1. The Morgan fingerprint density at radius 1 is 1.26 bits per heavy atom. The molecule has 0 amide bonds. The van der Waals surface area contributed by atoms with Gasteiger partial charge in [0.05, 0.1) is 6.20 Å². The zero-order chi connectivity index (χ0) is 13.8. The molecule has 19 heavy (non-hydrogen) atoms. The van der Waals surface area contributed by atoms with Gasteiger partial charge in [0, 0.05) is 0 Å². The van der Waals surface area contributed by atoms with E-state index in [1.807, 2.05) is 32.0 Å². The van der Waals surface area contributed by atoms with Crippen LogP contribution in [0.25, 0.3) is 0 Å². The second kappa shape index (κ2) is 5.39. The summed E-state index contributed by atoms with van der Waals surface area (Å²) in [5, 5.41) is 11.4. The van der Waals surface area contributed by atoms with E-state index in [-0.39, 0.29) is 5.84 Å². The van der Waals surface area contributed by atoms with Gasteiger partial charge in [-0.25, -0.2) is 4.98 Å². The highest BCUT2D eigenvalue weighted by molar-refractivity contribution is 5.95. The number of rotatable bonds is 3. The molecule has 5 heteroatoms. The van der Waals surface area contributed by atoms with Crippen LogP contribution < -0.4 is 10.5 Å². The molecule has 0 saturated heterocycles. The highest BCUT2D eigenvalue weighted by Crippen LogP contribution is 2.26. The lowest BCUT2D eigenvalue weighted by atomic mass is 10.1. The highest BCUT2D eigenvalue weighted by Gasteiger charge is 2.05. The van der Waals surface area contributed by atoms with Crippen LogP contribution in [0.15, 0.2) is 41.7 Å². The number of amidine groups is 1. The van der Waals surface area contributed by atoms with Crippen molar-refractivity contribution in [2.45, 2.75) is 13.8 Å². The van der Waals surface area contributed by atoms with Gasteiger partial charge >= 0.3 is 0 Å². The average molecular weight is 257 g/mol. The Labute approximate surface area is 111 Å². The SMILES string of the molecule is Cc1cccc(Oc2ccc(/C(N)=N/O)nc2)c1C. The molecular formula is C14H15N3O2. The topological polar surface area (TPSA) is 80.7 Å². The van der Waals surface area contributed by atoms with Gasteiger partial charge in [-0.15, -0.1) is 0 Å². The number of nitrogens with two attached hydrogens (primary N) is 1. The fourth-order valence-corrected chi connectivity index (χ4v) is 1.61. The van der Waals surface area contributed by atoms with Gasteiger partial charge in [-0.05, 0) is 43.2 Å². The standard InChI is InChI=1S/C14H15N3O2/c1-9-4-3-5-13(10(9)2)19-11-6-7-12(16-8-11)14(15)17-18/h3-8,18H,1-2H3,(H2,15,17). The summed E-state index contributed by atoms with van der Waals surface area (Å²) in [7, 11) is 0. The molecule has 0 aliphatic rings. The molecule has 1 heterocycles. The molecule has 1 aromatic carbocycles. The third-order valence-electron chi connectivity index (χ3n) is 2.89. The number of ether oxygens (including phenoxy) is 1. The largest absolute Gasteiger partial charge is 0.455 e. The van der Waals surface area contributed by atoms with E-state index in [0.29, 0.717) is 11.4 Å². The zero-order valence-electron chi connectivity index (χ0n) is 10.8. The van der Waals surface area contributed by atoms with Crippen molar-refractivity contribution in [3.05, 3.63) is 53.3 Å². The summed E-state index contributed by atoms with van der Waals surface area (Å²) in [4.78, 5) is 4.06. The second-order valence-corrected chi connectivity index (χ2v) is 4.16. The van der Waals surface area contributed by atoms with E-state index in [1.54, 1.807) is 12.1 Å². The highest BCUT2D eigenvalue weighted by atomic mass is 16.5. The first-order valence-electron chi connectivity index (χ1n) is 5.80. The Balaban J connectivity index is 2.22. The Hall–Kier alpha value is -2.56. The molecule has 1 aromatic heterocycles. The molecule has 0 bridgehead atoms. The van der Waals surface area contributed by atoms with Crippen LogP contribution in [-0.2, 0) is 0 Å². The number of benzene rings is 1. The van der Waals surface area contributed by atoms with E-state index in [2.05, 4.69) is 10.1 Å². The second-order valence-electron chi connectivity index (χ2n) is 4.16. The molecule has 98 valence electrons. The molecule has 0 atom stereocenters. The lowest BCUT2D eigenvalue weighted by Crippen LogP contribution is -2.14. The zero-order valence-corrected chi connectivity index (χ0v) is 10.8.